The number of benzene rings is 2. The Labute approximate surface area is 223 Å². The van der Waals surface area contributed by atoms with E-state index in [1.807, 2.05) is 44.2 Å². The van der Waals surface area contributed by atoms with E-state index in [0.717, 1.165) is 27.9 Å². The lowest BCUT2D eigenvalue weighted by Crippen LogP contribution is -2.45. The number of hydrogen-bond acceptors (Lipinski definition) is 5. The summed E-state index contributed by atoms with van der Waals surface area (Å²) in [6.07, 6.45) is 1.55. The Morgan fingerprint density at radius 3 is 2.32 bits per heavy atom. The van der Waals surface area contributed by atoms with Gasteiger partial charge >= 0.3 is 5.97 Å². The molecule has 0 amide bonds. The number of carbonyl (C=O) groups excluding carboxylic acids is 1. The van der Waals surface area contributed by atoms with E-state index in [0.29, 0.717) is 25.0 Å². The van der Waals surface area contributed by atoms with Crippen molar-refractivity contribution in [3.8, 4) is 28.3 Å². The van der Waals surface area contributed by atoms with Crippen molar-refractivity contribution in [2.24, 2.45) is 0 Å². The third-order valence-electron chi connectivity index (χ3n) is 6.88. The molecule has 0 bridgehead atoms. The van der Waals surface area contributed by atoms with Gasteiger partial charge in [0.2, 0.25) is 0 Å². The minimum absolute atomic E-state index is 0.0235. The van der Waals surface area contributed by atoms with Gasteiger partial charge in [-0.2, -0.15) is 5.26 Å². The van der Waals surface area contributed by atoms with Crippen LogP contribution >= 0.6 is 0 Å². The summed E-state index contributed by atoms with van der Waals surface area (Å²) in [5.74, 6) is -1.46. The number of hydrogen-bond donors (Lipinski definition) is 0. The Balaban J connectivity index is 1.78. The van der Waals surface area contributed by atoms with E-state index in [2.05, 4.69) is 24.5 Å². The lowest BCUT2D eigenvalue weighted by atomic mass is 9.93. The molecule has 2 unspecified atom stereocenters. The average molecular weight is 519 g/mol. The Morgan fingerprint density at radius 1 is 1.08 bits per heavy atom. The van der Waals surface area contributed by atoms with Crippen LogP contribution in [0, 0.1) is 17.1 Å². The maximum absolute atomic E-state index is 13.9. The fourth-order valence-electron chi connectivity index (χ4n) is 5.47. The van der Waals surface area contributed by atoms with E-state index in [9.17, 15) is 14.4 Å². The standard InChI is InChI=1S/C31H35FN2O4/c1-20(2)34-26(16-15-24-17-25(18-28(35)36-5)38-31(3,4)37-24)29(22-11-13-23(32)14-12-22)30(27(34)19-33)21-9-7-6-8-10-21/h6-14,20,24-25H,15-18H2,1-5H3. The normalized spacial score (nSPS) is 18.8. The second kappa shape index (κ2) is 11.5. The number of halogens is 1. The average Bonchev–Trinajstić information content (AvgIpc) is 3.22. The minimum Gasteiger partial charge on any atom is -0.469 e. The zero-order chi connectivity index (χ0) is 27.4. The fraction of sp³-hybridized carbons (Fsp3) is 0.419. The van der Waals surface area contributed by atoms with Crippen LogP contribution in [-0.4, -0.2) is 35.6 Å². The Bertz CT molecular complexity index is 1310. The molecular formula is C31H35FN2O4. The highest BCUT2D eigenvalue weighted by molar-refractivity contribution is 5.89. The van der Waals surface area contributed by atoms with Crippen LogP contribution in [0.15, 0.2) is 54.6 Å². The molecule has 0 spiro atoms. The number of nitriles is 1. The fourth-order valence-corrected chi connectivity index (χ4v) is 5.47. The van der Waals surface area contributed by atoms with E-state index in [-0.39, 0.29) is 36.5 Å². The molecule has 1 aliphatic heterocycles. The smallest absolute Gasteiger partial charge is 0.308 e. The first-order valence-electron chi connectivity index (χ1n) is 13.0. The first kappa shape index (κ1) is 27.6. The molecule has 0 N–H and O–H groups in total. The SMILES string of the molecule is COC(=O)CC1CC(CCc2c(-c3ccc(F)cc3)c(-c3ccccc3)c(C#N)n2C(C)C)OC(C)(C)O1. The summed E-state index contributed by atoms with van der Waals surface area (Å²) < 4.78 is 33.1. The first-order chi connectivity index (χ1) is 18.1. The summed E-state index contributed by atoms with van der Waals surface area (Å²) in [7, 11) is 1.37. The minimum atomic E-state index is -0.839. The third-order valence-corrected chi connectivity index (χ3v) is 6.88. The highest BCUT2D eigenvalue weighted by atomic mass is 19.1. The number of esters is 1. The zero-order valence-electron chi connectivity index (χ0n) is 22.7. The van der Waals surface area contributed by atoms with Crippen molar-refractivity contribution in [3.05, 3.63) is 71.8 Å². The predicted octanol–water partition coefficient (Wildman–Crippen LogP) is 6.82. The number of rotatable bonds is 8. The van der Waals surface area contributed by atoms with Gasteiger partial charge in [0.1, 0.15) is 17.6 Å². The van der Waals surface area contributed by atoms with Crippen molar-refractivity contribution < 1.29 is 23.4 Å². The van der Waals surface area contributed by atoms with Crippen LogP contribution in [0.1, 0.15) is 64.4 Å². The van der Waals surface area contributed by atoms with E-state index in [1.165, 1.54) is 19.2 Å². The van der Waals surface area contributed by atoms with Crippen LogP contribution in [0.5, 0.6) is 0 Å². The van der Waals surface area contributed by atoms with Crippen molar-refractivity contribution in [2.75, 3.05) is 7.11 Å². The molecule has 3 aromatic rings. The lowest BCUT2D eigenvalue weighted by Gasteiger charge is -2.40. The van der Waals surface area contributed by atoms with Crippen molar-refractivity contribution in [3.63, 3.8) is 0 Å². The topological polar surface area (TPSA) is 73.5 Å². The van der Waals surface area contributed by atoms with Gasteiger partial charge in [-0.1, -0.05) is 42.5 Å². The van der Waals surface area contributed by atoms with E-state index >= 15 is 0 Å². The number of carbonyl (C=O) groups is 1. The van der Waals surface area contributed by atoms with Crippen LogP contribution in [-0.2, 0) is 25.4 Å². The van der Waals surface area contributed by atoms with Crippen molar-refractivity contribution in [1.82, 2.24) is 4.57 Å². The van der Waals surface area contributed by atoms with Gasteiger partial charge in [-0.3, -0.25) is 4.79 Å². The highest BCUT2D eigenvalue weighted by Crippen LogP contribution is 2.42. The molecule has 0 aliphatic carbocycles. The molecule has 38 heavy (non-hydrogen) atoms. The molecule has 0 radical (unpaired) electrons. The maximum atomic E-state index is 13.9. The Hall–Kier alpha value is -3.47. The Morgan fingerprint density at radius 2 is 1.71 bits per heavy atom. The van der Waals surface area contributed by atoms with E-state index in [4.69, 9.17) is 14.2 Å². The molecular weight excluding hydrogens is 483 g/mol. The molecule has 6 nitrogen and oxygen atoms in total. The monoisotopic (exact) mass is 518 g/mol. The summed E-state index contributed by atoms with van der Waals surface area (Å²) in [4.78, 5) is 11.9. The predicted molar refractivity (Wildman–Crippen MR) is 144 cm³/mol. The maximum Gasteiger partial charge on any atom is 0.308 e. The summed E-state index contributed by atoms with van der Waals surface area (Å²) in [5.41, 5.74) is 5.15. The lowest BCUT2D eigenvalue weighted by molar-refractivity contribution is -0.300. The molecule has 200 valence electrons. The molecule has 2 heterocycles. The summed E-state index contributed by atoms with van der Waals surface area (Å²) >= 11 is 0. The quantitative estimate of drug-likeness (QED) is 0.306. The van der Waals surface area contributed by atoms with Crippen LogP contribution in [0.25, 0.3) is 22.3 Å². The number of nitrogens with zero attached hydrogens (tertiary/aromatic N) is 2. The van der Waals surface area contributed by atoms with Crippen molar-refractivity contribution in [1.29, 1.82) is 5.26 Å². The van der Waals surface area contributed by atoms with Crippen LogP contribution < -0.4 is 0 Å². The molecule has 7 heteroatoms. The van der Waals surface area contributed by atoms with Gasteiger partial charge in [-0.25, -0.2) is 4.39 Å². The molecule has 0 saturated carbocycles. The van der Waals surface area contributed by atoms with Gasteiger partial charge in [-0.15, -0.1) is 0 Å². The van der Waals surface area contributed by atoms with Crippen LogP contribution in [0.2, 0.25) is 0 Å². The molecule has 4 rings (SSSR count). The van der Waals surface area contributed by atoms with Crippen molar-refractivity contribution >= 4 is 5.97 Å². The molecule has 2 atom stereocenters. The first-order valence-corrected chi connectivity index (χ1v) is 13.0. The van der Waals surface area contributed by atoms with Gasteiger partial charge in [-0.05, 0) is 63.8 Å². The summed E-state index contributed by atoms with van der Waals surface area (Å²) in [5, 5.41) is 10.4. The van der Waals surface area contributed by atoms with Gasteiger partial charge in [0, 0.05) is 29.3 Å². The molecule has 1 aromatic heterocycles. The largest absolute Gasteiger partial charge is 0.469 e. The zero-order valence-corrected chi connectivity index (χ0v) is 22.7. The number of aromatic nitrogens is 1. The van der Waals surface area contributed by atoms with Gasteiger partial charge in [0.25, 0.3) is 0 Å². The second-order valence-electron chi connectivity index (χ2n) is 10.4. The second-order valence-corrected chi connectivity index (χ2v) is 10.4. The highest BCUT2D eigenvalue weighted by Gasteiger charge is 2.37. The van der Waals surface area contributed by atoms with Crippen molar-refractivity contribution in [2.45, 2.75) is 77.4 Å². The Kier molecular flexibility index (Phi) is 8.35. The van der Waals surface area contributed by atoms with Gasteiger partial charge < -0.3 is 18.8 Å². The summed E-state index contributed by atoms with van der Waals surface area (Å²) in [6, 6.07) is 18.8. The molecule has 2 aromatic carbocycles. The van der Waals surface area contributed by atoms with Crippen LogP contribution in [0.4, 0.5) is 4.39 Å². The number of ether oxygens (including phenoxy) is 3. The van der Waals surface area contributed by atoms with Crippen LogP contribution in [0.3, 0.4) is 0 Å². The molecule has 1 fully saturated rings. The van der Waals surface area contributed by atoms with E-state index in [1.54, 1.807) is 12.1 Å². The van der Waals surface area contributed by atoms with E-state index < -0.39 is 5.79 Å². The molecule has 1 saturated heterocycles. The third kappa shape index (κ3) is 5.98. The van der Waals surface area contributed by atoms with Gasteiger partial charge in [0.15, 0.2) is 5.79 Å². The summed E-state index contributed by atoms with van der Waals surface area (Å²) in [6.45, 7) is 7.83. The molecule has 1 aliphatic rings. The number of methoxy groups -OCH3 is 1. The van der Waals surface area contributed by atoms with Gasteiger partial charge in [0.05, 0.1) is 25.7 Å².